The van der Waals surface area contributed by atoms with E-state index in [2.05, 4.69) is 15.6 Å². The number of halogens is 1. The van der Waals surface area contributed by atoms with Crippen LogP contribution >= 0.6 is 11.6 Å². The Morgan fingerprint density at radius 1 is 1.30 bits per heavy atom. The fraction of sp³-hybridized carbons (Fsp3) is 0.143. The maximum Gasteiger partial charge on any atom is 0.246 e. The minimum Gasteiger partial charge on any atom is -0.456 e. The number of ether oxygens (including phenoxy) is 1. The highest BCUT2D eigenvalue weighted by Gasteiger charge is 2.29. The number of nitrogens with one attached hydrogen (secondary N) is 2. The summed E-state index contributed by atoms with van der Waals surface area (Å²) in [6.45, 7) is 0. The Bertz CT molecular complexity index is 675. The third-order valence-corrected chi connectivity index (χ3v) is 3.27. The highest BCUT2D eigenvalue weighted by Crippen LogP contribution is 2.35. The number of rotatable bonds is 3. The van der Waals surface area contributed by atoms with Crippen molar-refractivity contribution < 1.29 is 9.53 Å². The molecule has 2 aromatic rings. The van der Waals surface area contributed by atoms with Crippen LogP contribution < -0.4 is 15.4 Å². The highest BCUT2D eigenvalue weighted by molar-refractivity contribution is 6.30. The Morgan fingerprint density at radius 3 is 2.90 bits per heavy atom. The van der Waals surface area contributed by atoms with E-state index >= 15 is 0 Å². The van der Waals surface area contributed by atoms with Crippen molar-refractivity contribution in [3.63, 3.8) is 0 Å². The van der Waals surface area contributed by atoms with Gasteiger partial charge in [-0.25, -0.2) is 0 Å². The van der Waals surface area contributed by atoms with Gasteiger partial charge in [-0.05, 0) is 13.1 Å². The lowest BCUT2D eigenvalue weighted by Gasteiger charge is -2.09. The number of benzene rings is 1. The van der Waals surface area contributed by atoms with E-state index in [1.165, 1.54) is 6.20 Å². The molecule has 1 aromatic heterocycles. The van der Waals surface area contributed by atoms with Gasteiger partial charge in [0.05, 0.1) is 11.2 Å². The second-order valence-corrected chi connectivity index (χ2v) is 4.84. The molecule has 1 amide bonds. The molecule has 102 valence electrons. The second kappa shape index (κ2) is 5.11. The maximum atomic E-state index is 11.7. The van der Waals surface area contributed by atoms with Crippen LogP contribution in [0.1, 0.15) is 11.6 Å². The number of carbonyl (C=O) groups is 1. The van der Waals surface area contributed by atoms with Crippen LogP contribution in [0.3, 0.4) is 0 Å². The standard InChI is InChI=1S/C14H12ClN3O2/c1-16-13-11-3-2-9(5-12(11)18-14(13)19)20-10-4-8(15)6-17-7-10/h2-7,13,16H,1H3,(H,18,19). The molecule has 0 saturated carbocycles. The topological polar surface area (TPSA) is 63.2 Å². The predicted octanol–water partition coefficient (Wildman–Crippen LogP) is 2.74. The summed E-state index contributed by atoms with van der Waals surface area (Å²) in [7, 11) is 1.75. The van der Waals surface area contributed by atoms with Crippen LogP contribution in [0.2, 0.25) is 5.02 Å². The van der Waals surface area contributed by atoms with Gasteiger partial charge in [0.2, 0.25) is 5.91 Å². The number of hydrogen-bond donors (Lipinski definition) is 2. The molecule has 5 nitrogen and oxygen atoms in total. The molecule has 1 atom stereocenters. The third kappa shape index (κ3) is 2.33. The van der Waals surface area contributed by atoms with Gasteiger partial charge in [-0.2, -0.15) is 0 Å². The summed E-state index contributed by atoms with van der Waals surface area (Å²) in [5.74, 6) is 1.10. The summed E-state index contributed by atoms with van der Waals surface area (Å²) < 4.78 is 5.67. The molecule has 0 spiro atoms. The van der Waals surface area contributed by atoms with Crippen molar-refractivity contribution in [2.24, 2.45) is 0 Å². The number of pyridine rings is 1. The number of fused-ring (bicyclic) bond motifs is 1. The zero-order valence-electron chi connectivity index (χ0n) is 10.7. The number of nitrogens with zero attached hydrogens (tertiary/aromatic N) is 1. The van der Waals surface area contributed by atoms with Gasteiger partial charge in [0.15, 0.2) is 0 Å². The summed E-state index contributed by atoms with van der Waals surface area (Å²) >= 11 is 5.85. The number of anilines is 1. The molecule has 1 aromatic carbocycles. The van der Waals surface area contributed by atoms with Crippen molar-refractivity contribution in [2.75, 3.05) is 12.4 Å². The van der Waals surface area contributed by atoms with E-state index in [9.17, 15) is 4.79 Å². The number of likely N-dealkylation sites (N-methyl/N-ethyl adjacent to an activating group) is 1. The summed E-state index contributed by atoms with van der Waals surface area (Å²) in [4.78, 5) is 15.7. The average Bonchev–Trinajstić information content (AvgIpc) is 2.73. The molecular formula is C14H12ClN3O2. The first kappa shape index (κ1) is 12.9. The molecule has 20 heavy (non-hydrogen) atoms. The Balaban J connectivity index is 1.87. The van der Waals surface area contributed by atoms with Crippen LogP contribution in [0.15, 0.2) is 36.7 Å². The Labute approximate surface area is 120 Å². The molecule has 6 heteroatoms. The smallest absolute Gasteiger partial charge is 0.246 e. The minimum absolute atomic E-state index is 0.0657. The van der Waals surface area contributed by atoms with Crippen molar-refractivity contribution in [3.8, 4) is 11.5 Å². The third-order valence-electron chi connectivity index (χ3n) is 3.06. The molecule has 1 aliphatic rings. The lowest BCUT2D eigenvalue weighted by atomic mass is 10.1. The molecule has 0 radical (unpaired) electrons. The molecule has 2 N–H and O–H groups in total. The van der Waals surface area contributed by atoms with E-state index in [1.807, 2.05) is 12.1 Å². The fourth-order valence-electron chi connectivity index (χ4n) is 2.18. The first-order valence-electron chi connectivity index (χ1n) is 6.08. The number of amides is 1. The lowest BCUT2D eigenvalue weighted by Crippen LogP contribution is -2.23. The molecule has 0 saturated heterocycles. The van der Waals surface area contributed by atoms with E-state index in [0.29, 0.717) is 16.5 Å². The first-order chi connectivity index (χ1) is 9.67. The number of hydrogen-bond acceptors (Lipinski definition) is 4. The molecule has 1 unspecified atom stereocenters. The van der Waals surface area contributed by atoms with Gasteiger partial charge in [-0.1, -0.05) is 17.7 Å². The van der Waals surface area contributed by atoms with Crippen LogP contribution in [-0.2, 0) is 4.79 Å². The largest absolute Gasteiger partial charge is 0.456 e. The number of aromatic nitrogens is 1. The van der Waals surface area contributed by atoms with Crippen LogP contribution in [0, 0.1) is 0 Å². The Morgan fingerprint density at radius 2 is 2.15 bits per heavy atom. The first-order valence-corrected chi connectivity index (χ1v) is 6.45. The van der Waals surface area contributed by atoms with E-state index in [-0.39, 0.29) is 11.9 Å². The SMILES string of the molecule is CNC1C(=O)Nc2cc(Oc3cncc(Cl)c3)ccc21. The summed E-state index contributed by atoms with van der Waals surface area (Å²) in [5, 5.41) is 6.29. The van der Waals surface area contributed by atoms with Gasteiger partial charge in [0.1, 0.15) is 17.5 Å². The zero-order valence-corrected chi connectivity index (χ0v) is 11.4. The highest BCUT2D eigenvalue weighted by atomic mass is 35.5. The van der Waals surface area contributed by atoms with Gasteiger partial charge in [0, 0.05) is 29.6 Å². The minimum atomic E-state index is -0.313. The summed E-state index contributed by atoms with van der Waals surface area (Å²) in [5.41, 5.74) is 1.66. The molecule has 0 aliphatic carbocycles. The van der Waals surface area contributed by atoms with E-state index < -0.39 is 0 Å². The van der Waals surface area contributed by atoms with E-state index in [1.54, 1.807) is 25.4 Å². The molecule has 3 rings (SSSR count). The average molecular weight is 290 g/mol. The molecule has 2 heterocycles. The Kier molecular flexibility index (Phi) is 3.30. The molecule has 0 bridgehead atoms. The van der Waals surface area contributed by atoms with Gasteiger partial charge in [0.25, 0.3) is 0 Å². The predicted molar refractivity (Wildman–Crippen MR) is 76.2 cm³/mol. The van der Waals surface area contributed by atoms with Gasteiger partial charge in [-0.15, -0.1) is 0 Å². The van der Waals surface area contributed by atoms with Crippen LogP contribution in [-0.4, -0.2) is 17.9 Å². The number of carbonyl (C=O) groups excluding carboxylic acids is 1. The summed E-state index contributed by atoms with van der Waals surface area (Å²) in [6, 6.07) is 6.82. The Hall–Kier alpha value is -2.11. The van der Waals surface area contributed by atoms with Crippen LogP contribution in [0.25, 0.3) is 0 Å². The zero-order chi connectivity index (χ0) is 14.1. The second-order valence-electron chi connectivity index (χ2n) is 4.40. The van der Waals surface area contributed by atoms with Crippen LogP contribution in [0.4, 0.5) is 5.69 Å². The summed E-state index contributed by atoms with van der Waals surface area (Å²) in [6.07, 6.45) is 3.11. The van der Waals surface area contributed by atoms with Crippen molar-refractivity contribution in [2.45, 2.75) is 6.04 Å². The fourth-order valence-corrected chi connectivity index (χ4v) is 2.34. The quantitative estimate of drug-likeness (QED) is 0.912. The van der Waals surface area contributed by atoms with Crippen LogP contribution in [0.5, 0.6) is 11.5 Å². The molecule has 0 fully saturated rings. The van der Waals surface area contributed by atoms with Crippen molar-refractivity contribution in [1.29, 1.82) is 0 Å². The maximum absolute atomic E-state index is 11.7. The van der Waals surface area contributed by atoms with E-state index in [4.69, 9.17) is 16.3 Å². The lowest BCUT2D eigenvalue weighted by molar-refractivity contribution is -0.117. The van der Waals surface area contributed by atoms with E-state index in [0.717, 1.165) is 11.3 Å². The van der Waals surface area contributed by atoms with Gasteiger partial charge < -0.3 is 15.4 Å². The monoisotopic (exact) mass is 289 g/mol. The van der Waals surface area contributed by atoms with Gasteiger partial charge >= 0.3 is 0 Å². The van der Waals surface area contributed by atoms with Gasteiger partial charge in [-0.3, -0.25) is 9.78 Å². The normalized spacial score (nSPS) is 16.7. The molecular weight excluding hydrogens is 278 g/mol. The van der Waals surface area contributed by atoms with Crippen molar-refractivity contribution in [3.05, 3.63) is 47.2 Å². The van der Waals surface area contributed by atoms with Crippen molar-refractivity contribution in [1.82, 2.24) is 10.3 Å². The van der Waals surface area contributed by atoms with Crippen molar-refractivity contribution >= 4 is 23.2 Å². The molecule has 1 aliphatic heterocycles.